The molecule has 2 nitrogen and oxygen atoms in total. The van der Waals surface area contributed by atoms with Gasteiger partial charge in [-0.3, -0.25) is 4.90 Å². The molecule has 0 spiro atoms. The zero-order valence-corrected chi connectivity index (χ0v) is 13.1. The smallest absolute Gasteiger partial charge is 0.0595 e. The Kier molecular flexibility index (Phi) is 5.52. The van der Waals surface area contributed by atoms with E-state index in [9.17, 15) is 0 Å². The van der Waals surface area contributed by atoms with Crippen molar-refractivity contribution in [2.75, 3.05) is 26.2 Å². The maximum absolute atomic E-state index is 6.18. The zero-order valence-electron chi connectivity index (χ0n) is 11.6. The van der Waals surface area contributed by atoms with Gasteiger partial charge in [-0.25, -0.2) is 0 Å². The molecule has 19 heavy (non-hydrogen) atoms. The molecule has 2 rings (SSSR count). The van der Waals surface area contributed by atoms with Gasteiger partial charge in [-0.05, 0) is 23.6 Å². The fourth-order valence-electron chi connectivity index (χ4n) is 2.78. The van der Waals surface area contributed by atoms with E-state index in [0.29, 0.717) is 22.0 Å². The summed E-state index contributed by atoms with van der Waals surface area (Å²) in [6.45, 7) is 8.87. The highest BCUT2D eigenvalue weighted by Crippen LogP contribution is 2.34. The first-order chi connectivity index (χ1) is 9.13. The monoisotopic (exact) mass is 300 g/mol. The van der Waals surface area contributed by atoms with E-state index in [4.69, 9.17) is 23.2 Å². The minimum absolute atomic E-state index is 0.432. The van der Waals surface area contributed by atoms with Crippen LogP contribution in [0.2, 0.25) is 10.0 Å². The van der Waals surface area contributed by atoms with E-state index < -0.39 is 0 Å². The van der Waals surface area contributed by atoms with Gasteiger partial charge in [0.2, 0.25) is 0 Å². The predicted octanol–water partition coefficient (Wildman–Crippen LogP) is 3.99. The number of benzene rings is 1. The van der Waals surface area contributed by atoms with Crippen LogP contribution in [0.1, 0.15) is 31.9 Å². The molecule has 0 aromatic heterocycles. The topological polar surface area (TPSA) is 15.3 Å². The molecule has 0 radical (unpaired) electrons. The molecule has 1 fully saturated rings. The second kappa shape index (κ2) is 6.94. The third-order valence-corrected chi connectivity index (χ3v) is 4.75. The van der Waals surface area contributed by atoms with Crippen LogP contribution in [0.4, 0.5) is 0 Å². The Morgan fingerprint density at radius 3 is 2.47 bits per heavy atom. The number of hydrogen-bond donors (Lipinski definition) is 1. The second-order valence-corrected chi connectivity index (χ2v) is 6.10. The van der Waals surface area contributed by atoms with Crippen LogP contribution < -0.4 is 5.32 Å². The highest BCUT2D eigenvalue weighted by Gasteiger charge is 2.26. The van der Waals surface area contributed by atoms with Crippen molar-refractivity contribution >= 4 is 23.2 Å². The summed E-state index contributed by atoms with van der Waals surface area (Å²) < 4.78 is 0. The Labute approximate surface area is 126 Å². The summed E-state index contributed by atoms with van der Waals surface area (Å²) in [7, 11) is 0. The van der Waals surface area contributed by atoms with E-state index >= 15 is 0 Å². The molecule has 0 amide bonds. The third kappa shape index (κ3) is 3.63. The van der Waals surface area contributed by atoms with Gasteiger partial charge in [-0.15, -0.1) is 0 Å². The van der Waals surface area contributed by atoms with Crippen LogP contribution in [-0.4, -0.2) is 31.1 Å². The van der Waals surface area contributed by atoms with Gasteiger partial charge in [0.1, 0.15) is 0 Å². The standard InChI is InChI=1S/C15H22Cl2N2/c1-3-11(2)15(19-8-6-18-7-9-19)12-4-5-13(16)14(17)10-12/h4-5,10-11,15,18H,3,6-9H2,1-2H3/t11?,15-/m0/s1. The van der Waals surface area contributed by atoms with Gasteiger partial charge in [0, 0.05) is 32.2 Å². The first-order valence-electron chi connectivity index (χ1n) is 7.03. The number of nitrogens with one attached hydrogen (secondary N) is 1. The Morgan fingerprint density at radius 2 is 1.89 bits per heavy atom. The van der Waals surface area contributed by atoms with E-state index in [-0.39, 0.29) is 0 Å². The molecule has 0 bridgehead atoms. The van der Waals surface area contributed by atoms with Gasteiger partial charge < -0.3 is 5.32 Å². The largest absolute Gasteiger partial charge is 0.314 e. The minimum atomic E-state index is 0.432. The van der Waals surface area contributed by atoms with Crippen LogP contribution in [-0.2, 0) is 0 Å². The predicted molar refractivity (Wildman–Crippen MR) is 83.1 cm³/mol. The fraction of sp³-hybridized carbons (Fsp3) is 0.600. The average Bonchev–Trinajstić information content (AvgIpc) is 2.44. The van der Waals surface area contributed by atoms with Gasteiger partial charge in [-0.2, -0.15) is 0 Å². The lowest BCUT2D eigenvalue weighted by Gasteiger charge is -2.38. The summed E-state index contributed by atoms with van der Waals surface area (Å²) in [5.41, 5.74) is 1.28. The lowest BCUT2D eigenvalue weighted by molar-refractivity contribution is 0.128. The number of piperazine rings is 1. The number of halogens is 2. The normalized spacial score (nSPS) is 20.2. The molecule has 1 N–H and O–H groups in total. The van der Waals surface area contributed by atoms with E-state index in [0.717, 1.165) is 32.6 Å². The van der Waals surface area contributed by atoms with Gasteiger partial charge in [0.05, 0.1) is 10.0 Å². The maximum Gasteiger partial charge on any atom is 0.0595 e. The lowest BCUT2D eigenvalue weighted by Crippen LogP contribution is -2.46. The number of nitrogens with zero attached hydrogens (tertiary/aromatic N) is 1. The van der Waals surface area contributed by atoms with E-state index in [1.165, 1.54) is 5.56 Å². The molecular weight excluding hydrogens is 279 g/mol. The molecule has 1 aliphatic rings. The van der Waals surface area contributed by atoms with E-state index in [2.05, 4.69) is 30.1 Å². The number of hydrogen-bond acceptors (Lipinski definition) is 2. The average molecular weight is 301 g/mol. The lowest BCUT2D eigenvalue weighted by atomic mass is 9.90. The molecule has 4 heteroatoms. The maximum atomic E-state index is 6.18. The van der Waals surface area contributed by atoms with Crippen LogP contribution in [0.15, 0.2) is 18.2 Å². The van der Waals surface area contributed by atoms with Gasteiger partial charge >= 0.3 is 0 Å². The molecule has 1 unspecified atom stereocenters. The molecule has 1 heterocycles. The Morgan fingerprint density at radius 1 is 1.21 bits per heavy atom. The summed E-state index contributed by atoms with van der Waals surface area (Å²) in [5.74, 6) is 0.607. The summed E-state index contributed by atoms with van der Waals surface area (Å²) in [4.78, 5) is 2.56. The molecule has 106 valence electrons. The van der Waals surface area contributed by atoms with Crippen molar-refractivity contribution in [3.63, 3.8) is 0 Å². The first-order valence-corrected chi connectivity index (χ1v) is 7.78. The summed E-state index contributed by atoms with van der Waals surface area (Å²) in [6, 6.07) is 6.49. The number of rotatable bonds is 4. The highest BCUT2D eigenvalue weighted by molar-refractivity contribution is 6.42. The van der Waals surface area contributed by atoms with Crippen molar-refractivity contribution < 1.29 is 0 Å². The molecule has 0 saturated carbocycles. The summed E-state index contributed by atoms with van der Waals surface area (Å²) >= 11 is 12.2. The summed E-state index contributed by atoms with van der Waals surface area (Å²) in [6.07, 6.45) is 1.16. The van der Waals surface area contributed by atoms with Crippen LogP contribution in [0.25, 0.3) is 0 Å². The minimum Gasteiger partial charge on any atom is -0.314 e. The first kappa shape index (κ1) is 15.1. The van der Waals surface area contributed by atoms with Crippen molar-refractivity contribution in [2.24, 2.45) is 5.92 Å². The van der Waals surface area contributed by atoms with Gasteiger partial charge in [-0.1, -0.05) is 49.5 Å². The summed E-state index contributed by atoms with van der Waals surface area (Å²) in [5, 5.41) is 4.70. The Balaban J connectivity index is 2.27. The molecule has 1 aliphatic heterocycles. The fourth-order valence-corrected chi connectivity index (χ4v) is 3.09. The van der Waals surface area contributed by atoms with Gasteiger partial charge in [0.25, 0.3) is 0 Å². The Hall–Kier alpha value is -0.280. The zero-order chi connectivity index (χ0) is 13.8. The molecule has 1 saturated heterocycles. The van der Waals surface area contributed by atoms with Crippen molar-refractivity contribution in [3.05, 3.63) is 33.8 Å². The third-order valence-electron chi connectivity index (χ3n) is 4.01. The SMILES string of the molecule is CCC(C)[C@@H](c1ccc(Cl)c(Cl)c1)N1CCNCC1. The molecule has 1 aromatic carbocycles. The quantitative estimate of drug-likeness (QED) is 0.904. The van der Waals surface area contributed by atoms with Crippen LogP contribution >= 0.6 is 23.2 Å². The second-order valence-electron chi connectivity index (χ2n) is 5.29. The van der Waals surface area contributed by atoms with Crippen molar-refractivity contribution in [2.45, 2.75) is 26.3 Å². The van der Waals surface area contributed by atoms with E-state index in [1.54, 1.807) is 0 Å². The van der Waals surface area contributed by atoms with Gasteiger partial charge in [0.15, 0.2) is 0 Å². The van der Waals surface area contributed by atoms with Crippen molar-refractivity contribution in [1.82, 2.24) is 10.2 Å². The van der Waals surface area contributed by atoms with E-state index in [1.807, 2.05) is 12.1 Å². The molecular formula is C15H22Cl2N2. The van der Waals surface area contributed by atoms with Crippen molar-refractivity contribution in [3.8, 4) is 0 Å². The molecule has 2 atom stereocenters. The van der Waals surface area contributed by atoms with Crippen molar-refractivity contribution in [1.29, 1.82) is 0 Å². The molecule has 1 aromatic rings. The highest BCUT2D eigenvalue weighted by atomic mass is 35.5. The van der Waals surface area contributed by atoms with Crippen LogP contribution in [0.3, 0.4) is 0 Å². The van der Waals surface area contributed by atoms with Crippen LogP contribution in [0.5, 0.6) is 0 Å². The molecule has 0 aliphatic carbocycles. The Bertz CT molecular complexity index is 417. The van der Waals surface area contributed by atoms with Crippen LogP contribution in [0, 0.1) is 5.92 Å².